The Bertz CT molecular complexity index is 1300. The van der Waals surface area contributed by atoms with Gasteiger partial charge in [0.25, 0.3) is 0 Å². The first-order chi connectivity index (χ1) is 25.8. The van der Waals surface area contributed by atoms with Gasteiger partial charge >= 0.3 is 23.1 Å². The Kier molecular flexibility index (Phi) is 19.9. The first-order valence-electron chi connectivity index (χ1n) is 22.2. The van der Waals surface area contributed by atoms with Gasteiger partial charge in [-0.25, -0.2) is 0 Å². The molecule has 2 aromatic rings. The fourth-order valence-electron chi connectivity index (χ4n) is 9.63. The summed E-state index contributed by atoms with van der Waals surface area (Å²) in [5, 5.41) is 10.5. The Morgan fingerprint density at radius 1 is 0.444 bits per heavy atom. The van der Waals surface area contributed by atoms with Gasteiger partial charge in [0.1, 0.15) is 11.7 Å². The van der Waals surface area contributed by atoms with Gasteiger partial charge in [-0.15, -0.1) is 0 Å². The topological polar surface area (TPSA) is 65.4 Å². The average molecular weight is 749 g/mol. The van der Waals surface area contributed by atoms with Crippen LogP contribution in [0.5, 0.6) is 0 Å². The molecule has 5 nitrogen and oxygen atoms in total. The van der Waals surface area contributed by atoms with Crippen molar-refractivity contribution in [2.75, 3.05) is 13.2 Å². The Labute approximate surface area is 347 Å². The largest absolute Gasteiger partial charge is 2.00 e. The third-order valence-corrected chi connectivity index (χ3v) is 12.3. The minimum atomic E-state index is 0. The van der Waals surface area contributed by atoms with E-state index in [1.54, 1.807) is 0 Å². The van der Waals surface area contributed by atoms with Gasteiger partial charge in [-0.05, 0) is 128 Å². The van der Waals surface area contributed by atoms with Gasteiger partial charge in [0.05, 0.1) is 12.1 Å². The molecule has 0 spiro atoms. The monoisotopic (exact) mass is 749 g/mol. The molecule has 2 N–H and O–H groups in total. The second kappa shape index (κ2) is 24.0. The molecule has 54 heavy (non-hydrogen) atoms. The number of nitrogens with zero attached hydrogens (tertiary/aromatic N) is 2. The molecule has 6 heteroatoms. The van der Waals surface area contributed by atoms with Crippen LogP contribution >= 0.6 is 0 Å². The van der Waals surface area contributed by atoms with Crippen LogP contribution in [-0.4, -0.2) is 72.1 Å². The first kappa shape index (κ1) is 44.8. The molecule has 4 saturated carbocycles. The molecule has 4 aliphatic carbocycles. The summed E-state index contributed by atoms with van der Waals surface area (Å²) in [5.41, 5.74) is 10.9. The summed E-state index contributed by atoms with van der Waals surface area (Å²) in [6.45, 7) is 15.4. The van der Waals surface area contributed by atoms with Crippen LogP contribution in [0.3, 0.4) is 0 Å². The Hall–Kier alpha value is -1.89. The van der Waals surface area contributed by atoms with Crippen molar-refractivity contribution in [2.24, 2.45) is 0 Å². The molecule has 294 valence electrons. The van der Waals surface area contributed by atoms with Crippen LogP contribution < -0.4 is 9.98 Å². The number of hydrogen-bond acceptors (Lipinski definition) is 1. The van der Waals surface area contributed by atoms with E-state index in [9.17, 15) is 0 Å². The van der Waals surface area contributed by atoms with E-state index >= 15 is 0 Å². The minimum absolute atomic E-state index is 0. The van der Waals surface area contributed by atoms with Gasteiger partial charge in [0.15, 0.2) is 0 Å². The molecule has 5 aliphatic rings. The molecule has 0 unspecified atom stereocenters. The number of nitrogens with one attached hydrogen (secondary N) is 2. The predicted molar refractivity (Wildman–Crippen MR) is 231 cm³/mol. The number of hydrogen-bond donors (Lipinski definition) is 2. The summed E-state index contributed by atoms with van der Waals surface area (Å²) in [6, 6.07) is 11.5. The zero-order chi connectivity index (χ0) is 37.4. The Morgan fingerprint density at radius 3 is 1.02 bits per heavy atom. The maximum absolute atomic E-state index is 5.26. The third-order valence-electron chi connectivity index (χ3n) is 12.3. The Balaban J connectivity index is 0.000000209. The van der Waals surface area contributed by atoms with E-state index in [-0.39, 0.29) is 23.1 Å². The van der Waals surface area contributed by atoms with E-state index in [0.717, 1.165) is 13.2 Å². The molecule has 0 aromatic heterocycles. The zero-order valence-electron chi connectivity index (χ0n) is 35.6. The number of rotatable bonds is 6. The van der Waals surface area contributed by atoms with Gasteiger partial charge in [0, 0.05) is 36.4 Å². The molecule has 2 aromatic carbocycles. The van der Waals surface area contributed by atoms with E-state index in [4.69, 9.17) is 15.4 Å². The van der Waals surface area contributed by atoms with Gasteiger partial charge in [0.2, 0.25) is 0 Å². The van der Waals surface area contributed by atoms with Crippen molar-refractivity contribution in [3.05, 3.63) is 79.4 Å². The van der Waals surface area contributed by atoms with E-state index in [1.165, 1.54) is 197 Å². The molecule has 1 aliphatic heterocycles. The van der Waals surface area contributed by atoms with Crippen molar-refractivity contribution in [3.8, 4) is 0 Å². The van der Waals surface area contributed by atoms with Crippen molar-refractivity contribution in [1.82, 2.24) is 0 Å². The summed E-state index contributed by atoms with van der Waals surface area (Å²) in [7, 11) is 0. The van der Waals surface area contributed by atoms with Crippen LogP contribution in [0.4, 0.5) is 0 Å². The quantitative estimate of drug-likeness (QED) is 0.173. The molecule has 0 amide bonds. The van der Waals surface area contributed by atoms with Gasteiger partial charge < -0.3 is 14.7 Å². The molecular weight excluding hydrogens is 673 g/mol. The SMILES string of the molecule is C1CCOC1.Cc1cc(C)c(C([N-]C2CCCCC2)=[NH+]C2CCCCC2)c(C)c1.Cc1cc(C)c(C([N-]C2CCCCC2)=[NH+]C2CCCCC2)c(C)c1.[Mg+2]. The number of benzene rings is 2. The summed E-state index contributed by atoms with van der Waals surface area (Å²) in [5.74, 6) is 2.37. The maximum Gasteiger partial charge on any atom is 2.00 e. The molecule has 5 fully saturated rings. The van der Waals surface area contributed by atoms with Gasteiger partial charge in [-0.1, -0.05) is 112 Å². The number of aryl methyl sites for hydroxylation is 6. The fourth-order valence-corrected chi connectivity index (χ4v) is 9.63. The van der Waals surface area contributed by atoms with E-state index in [2.05, 4.69) is 75.8 Å². The molecule has 7 rings (SSSR count). The van der Waals surface area contributed by atoms with Crippen LogP contribution in [-0.2, 0) is 4.74 Å². The van der Waals surface area contributed by atoms with Crippen molar-refractivity contribution in [2.45, 2.75) is 207 Å². The predicted octanol–water partition coefficient (Wildman–Crippen LogP) is 9.37. The molecule has 0 bridgehead atoms. The normalized spacial score (nSPS) is 20.9. The number of amidine groups is 2. The second-order valence-electron chi connectivity index (χ2n) is 17.4. The summed E-state index contributed by atoms with van der Waals surface area (Å²) >= 11 is 0. The molecule has 1 heterocycles. The smallest absolute Gasteiger partial charge is 0.381 e. The molecular formula is C48H76MgN4O+2. The summed E-state index contributed by atoms with van der Waals surface area (Å²) < 4.78 is 4.94. The molecule has 0 radical (unpaired) electrons. The van der Waals surface area contributed by atoms with Crippen LogP contribution in [0.2, 0.25) is 0 Å². The van der Waals surface area contributed by atoms with Crippen molar-refractivity contribution in [1.29, 1.82) is 0 Å². The summed E-state index contributed by atoms with van der Waals surface area (Å²) in [4.78, 5) is 7.74. The molecule has 0 atom stereocenters. The average Bonchev–Trinajstić information content (AvgIpc) is 3.74. The minimum Gasteiger partial charge on any atom is -0.381 e. The maximum atomic E-state index is 5.26. The van der Waals surface area contributed by atoms with E-state index in [1.807, 2.05) is 0 Å². The van der Waals surface area contributed by atoms with E-state index < -0.39 is 0 Å². The van der Waals surface area contributed by atoms with Crippen molar-refractivity contribution < 1.29 is 14.7 Å². The zero-order valence-corrected chi connectivity index (χ0v) is 37.0. The first-order valence-corrected chi connectivity index (χ1v) is 22.2. The van der Waals surface area contributed by atoms with Crippen LogP contribution in [0.15, 0.2) is 24.3 Å². The Morgan fingerprint density at radius 2 is 0.741 bits per heavy atom. The third kappa shape index (κ3) is 14.6. The van der Waals surface area contributed by atoms with Crippen LogP contribution in [0.25, 0.3) is 10.6 Å². The van der Waals surface area contributed by atoms with Crippen LogP contribution in [0, 0.1) is 41.5 Å². The summed E-state index contributed by atoms with van der Waals surface area (Å²) in [6.07, 6.45) is 29.2. The van der Waals surface area contributed by atoms with Crippen molar-refractivity contribution in [3.63, 3.8) is 0 Å². The van der Waals surface area contributed by atoms with Crippen LogP contribution in [0.1, 0.15) is 186 Å². The number of ether oxygens (including phenoxy) is 1. The van der Waals surface area contributed by atoms with Gasteiger partial charge in [-0.3, -0.25) is 10.6 Å². The second-order valence-corrected chi connectivity index (χ2v) is 17.4. The van der Waals surface area contributed by atoms with Gasteiger partial charge in [-0.2, -0.15) is 0 Å². The van der Waals surface area contributed by atoms with E-state index in [0.29, 0.717) is 24.2 Å². The fraction of sp³-hybridized carbons (Fsp3) is 0.708. The standard InChI is InChI=1S/2C22H33N2.C4H8O.Mg/c2*1-16-14-17(2)21(18(3)15-16)22(23-19-10-6-4-7-11-19)24-20-12-8-5-9-13-20;1-2-4-5-3-1;/h2*14-15,19-20H,4-13H2,1-3H3;1-4H2;/q2*-1;;+2/p+2. The van der Waals surface area contributed by atoms with Crippen molar-refractivity contribution >= 4 is 34.7 Å². The molecule has 1 saturated heterocycles.